The van der Waals surface area contributed by atoms with Crippen LogP contribution in [0.25, 0.3) is 11.5 Å². The molecule has 1 fully saturated rings. The fraction of sp³-hybridized carbons (Fsp3) is 0.333. The number of aromatic nitrogens is 4. The van der Waals surface area contributed by atoms with Gasteiger partial charge in [-0.3, -0.25) is 0 Å². The van der Waals surface area contributed by atoms with Crippen molar-refractivity contribution in [1.82, 2.24) is 20.2 Å². The molecule has 0 radical (unpaired) electrons. The highest BCUT2D eigenvalue weighted by Gasteiger charge is 2.29. The number of benzene rings is 1. The quantitative estimate of drug-likeness (QED) is 0.704. The second-order valence-corrected chi connectivity index (χ2v) is 6.27. The molecule has 0 spiro atoms. The van der Waals surface area contributed by atoms with Crippen LogP contribution in [-0.2, 0) is 0 Å². The first-order chi connectivity index (χ1) is 12.7. The van der Waals surface area contributed by atoms with E-state index in [4.69, 9.17) is 4.42 Å². The van der Waals surface area contributed by atoms with Gasteiger partial charge in [-0.05, 0) is 24.3 Å². The minimum absolute atomic E-state index is 0.0227. The number of nitrogens with one attached hydrogen (secondary N) is 1. The summed E-state index contributed by atoms with van der Waals surface area (Å²) in [6.45, 7) is 0. The molecule has 1 saturated carbocycles. The average Bonchev–Trinajstić information content (AvgIpc) is 3.11. The van der Waals surface area contributed by atoms with Gasteiger partial charge < -0.3 is 9.73 Å². The first kappa shape index (κ1) is 16.6. The zero-order chi connectivity index (χ0) is 17.9. The van der Waals surface area contributed by atoms with E-state index in [1.54, 1.807) is 0 Å². The van der Waals surface area contributed by atoms with Gasteiger partial charge in [0.2, 0.25) is 5.95 Å². The molecule has 0 bridgehead atoms. The van der Waals surface area contributed by atoms with Crippen LogP contribution < -0.4 is 5.32 Å². The van der Waals surface area contributed by atoms with Crippen LogP contribution in [0.2, 0.25) is 0 Å². The standard InChI is InChI=1S/C18H17F2N5O/c19-15(20)17-25-24-16(26-17)13-9-21-18(22-10-13)23-14(12-7-4-8-12)11-5-2-1-3-6-11/h1-3,5-6,9-10,12,14-15H,4,7-8H2,(H,21,22,23). The highest BCUT2D eigenvalue weighted by atomic mass is 19.3. The highest BCUT2D eigenvalue weighted by Crippen LogP contribution is 2.39. The van der Waals surface area contributed by atoms with E-state index < -0.39 is 12.3 Å². The van der Waals surface area contributed by atoms with Crippen molar-refractivity contribution in [2.45, 2.75) is 31.7 Å². The normalized spacial score (nSPS) is 15.7. The highest BCUT2D eigenvalue weighted by molar-refractivity contribution is 5.50. The van der Waals surface area contributed by atoms with Crippen molar-refractivity contribution in [1.29, 1.82) is 0 Å². The lowest BCUT2D eigenvalue weighted by Crippen LogP contribution is -2.27. The molecule has 1 unspecified atom stereocenters. The van der Waals surface area contributed by atoms with Gasteiger partial charge in [0.15, 0.2) is 0 Å². The van der Waals surface area contributed by atoms with Crippen molar-refractivity contribution in [3.05, 3.63) is 54.2 Å². The summed E-state index contributed by atoms with van der Waals surface area (Å²) < 4.78 is 30.0. The van der Waals surface area contributed by atoms with Crippen LogP contribution in [0.3, 0.4) is 0 Å². The van der Waals surface area contributed by atoms with E-state index in [-0.39, 0.29) is 11.9 Å². The molecule has 1 atom stereocenters. The molecule has 8 heteroatoms. The molecule has 134 valence electrons. The molecule has 1 aromatic carbocycles. The lowest BCUT2D eigenvalue weighted by molar-refractivity contribution is 0.116. The molecule has 0 saturated heterocycles. The second kappa shape index (κ2) is 7.15. The van der Waals surface area contributed by atoms with E-state index in [1.807, 2.05) is 18.2 Å². The molecule has 4 rings (SSSR count). The summed E-state index contributed by atoms with van der Waals surface area (Å²) in [4.78, 5) is 8.56. The van der Waals surface area contributed by atoms with E-state index in [0.717, 1.165) is 0 Å². The Labute approximate surface area is 148 Å². The maximum absolute atomic E-state index is 12.5. The first-order valence-electron chi connectivity index (χ1n) is 8.46. The Morgan fingerprint density at radius 2 is 1.77 bits per heavy atom. The largest absolute Gasteiger partial charge is 0.415 e. The second-order valence-electron chi connectivity index (χ2n) is 6.27. The fourth-order valence-electron chi connectivity index (χ4n) is 3.00. The Kier molecular flexibility index (Phi) is 4.55. The molecule has 3 aromatic rings. The SMILES string of the molecule is FC(F)c1nnc(-c2cnc(NC(c3ccccc3)C3CCC3)nc2)o1. The summed E-state index contributed by atoms with van der Waals surface area (Å²) in [7, 11) is 0. The molecule has 6 nitrogen and oxygen atoms in total. The lowest BCUT2D eigenvalue weighted by atomic mass is 9.77. The summed E-state index contributed by atoms with van der Waals surface area (Å²) in [6, 6.07) is 10.4. The molecule has 1 aliphatic rings. The van der Waals surface area contributed by atoms with Crippen LogP contribution in [0.4, 0.5) is 14.7 Å². The topological polar surface area (TPSA) is 76.7 Å². The van der Waals surface area contributed by atoms with Crippen LogP contribution in [0.15, 0.2) is 47.1 Å². The van der Waals surface area contributed by atoms with Crippen LogP contribution in [-0.4, -0.2) is 20.2 Å². The van der Waals surface area contributed by atoms with Gasteiger partial charge in [0.1, 0.15) is 0 Å². The van der Waals surface area contributed by atoms with E-state index >= 15 is 0 Å². The van der Waals surface area contributed by atoms with Crippen LogP contribution in [0.5, 0.6) is 0 Å². The van der Waals surface area contributed by atoms with Gasteiger partial charge in [-0.25, -0.2) is 9.97 Å². The molecule has 26 heavy (non-hydrogen) atoms. The zero-order valence-corrected chi connectivity index (χ0v) is 13.8. The number of anilines is 1. The third kappa shape index (κ3) is 3.40. The summed E-state index contributed by atoms with van der Waals surface area (Å²) in [5.74, 6) is 0.287. The Morgan fingerprint density at radius 1 is 1.04 bits per heavy atom. The van der Waals surface area contributed by atoms with Crippen LogP contribution >= 0.6 is 0 Å². The third-order valence-corrected chi connectivity index (χ3v) is 4.59. The summed E-state index contributed by atoms with van der Waals surface area (Å²) in [6.07, 6.45) is 3.75. The van der Waals surface area contributed by atoms with Gasteiger partial charge in [-0.15, -0.1) is 10.2 Å². The molecule has 1 N–H and O–H groups in total. The molecular weight excluding hydrogens is 340 g/mol. The van der Waals surface area contributed by atoms with E-state index in [9.17, 15) is 8.78 Å². The van der Waals surface area contributed by atoms with Crippen molar-refractivity contribution in [2.24, 2.45) is 5.92 Å². The predicted octanol–water partition coefficient (Wildman–Crippen LogP) is 4.42. The van der Waals surface area contributed by atoms with Crippen molar-refractivity contribution in [3.8, 4) is 11.5 Å². The van der Waals surface area contributed by atoms with Gasteiger partial charge in [0.05, 0.1) is 11.6 Å². The minimum atomic E-state index is -2.80. The molecule has 2 aromatic heterocycles. The third-order valence-electron chi connectivity index (χ3n) is 4.59. The van der Waals surface area contributed by atoms with Gasteiger partial charge in [-0.1, -0.05) is 36.8 Å². The summed E-state index contributed by atoms with van der Waals surface area (Å²) >= 11 is 0. The van der Waals surface area contributed by atoms with Crippen LogP contribution in [0, 0.1) is 5.92 Å². The summed E-state index contributed by atoms with van der Waals surface area (Å²) in [5.41, 5.74) is 1.60. The fourth-order valence-corrected chi connectivity index (χ4v) is 3.00. The number of hydrogen-bond donors (Lipinski definition) is 1. The van der Waals surface area contributed by atoms with Gasteiger partial charge in [0, 0.05) is 12.4 Å². The predicted molar refractivity (Wildman–Crippen MR) is 90.4 cm³/mol. The molecule has 1 aliphatic carbocycles. The number of alkyl halides is 2. The maximum atomic E-state index is 12.5. The molecule has 2 heterocycles. The lowest BCUT2D eigenvalue weighted by Gasteiger charge is -2.34. The maximum Gasteiger partial charge on any atom is 0.314 e. The number of rotatable bonds is 6. The van der Waals surface area contributed by atoms with Gasteiger partial charge in [0.25, 0.3) is 11.8 Å². The minimum Gasteiger partial charge on any atom is -0.415 e. The number of halogens is 2. The van der Waals surface area contributed by atoms with E-state index in [2.05, 4.69) is 37.6 Å². The van der Waals surface area contributed by atoms with E-state index in [0.29, 0.717) is 17.4 Å². The van der Waals surface area contributed by atoms with Crippen LogP contribution in [0.1, 0.15) is 43.2 Å². The van der Waals surface area contributed by atoms with E-state index in [1.165, 1.54) is 37.2 Å². The van der Waals surface area contributed by atoms with Gasteiger partial charge >= 0.3 is 6.43 Å². The van der Waals surface area contributed by atoms with Crippen molar-refractivity contribution < 1.29 is 13.2 Å². The summed E-state index contributed by atoms with van der Waals surface area (Å²) in [5, 5.41) is 10.3. The Bertz CT molecular complexity index is 850. The Morgan fingerprint density at radius 3 is 2.35 bits per heavy atom. The monoisotopic (exact) mass is 357 g/mol. The number of nitrogens with zero attached hydrogens (tertiary/aromatic N) is 4. The molecular formula is C18H17F2N5O. The van der Waals surface area contributed by atoms with Crippen molar-refractivity contribution >= 4 is 5.95 Å². The smallest absolute Gasteiger partial charge is 0.314 e. The van der Waals surface area contributed by atoms with Crippen molar-refractivity contribution in [2.75, 3.05) is 5.32 Å². The molecule has 0 amide bonds. The van der Waals surface area contributed by atoms with Crippen molar-refractivity contribution in [3.63, 3.8) is 0 Å². The zero-order valence-electron chi connectivity index (χ0n) is 13.8. The average molecular weight is 357 g/mol. The Balaban J connectivity index is 1.52. The van der Waals surface area contributed by atoms with Gasteiger partial charge in [-0.2, -0.15) is 8.78 Å². The number of hydrogen-bond acceptors (Lipinski definition) is 6. The Hall–Kier alpha value is -2.90. The first-order valence-corrected chi connectivity index (χ1v) is 8.46. The molecule has 0 aliphatic heterocycles.